The summed E-state index contributed by atoms with van der Waals surface area (Å²) in [7, 11) is 1.59. The fraction of sp³-hybridized carbons (Fsp3) is 0.462. The minimum atomic E-state index is 0.0143. The maximum atomic E-state index is 13.2. The SMILES string of the molecule is COc1cc(C(=O)N(C(C)CI)C(C)CI)ccc1OCCCCCOc1ccc(C#N)cc1. The van der Waals surface area contributed by atoms with Crippen molar-refractivity contribution in [3.05, 3.63) is 53.6 Å². The number of amides is 1. The molecule has 0 aliphatic rings. The van der Waals surface area contributed by atoms with E-state index in [1.165, 1.54) is 0 Å². The number of halogens is 2. The van der Waals surface area contributed by atoms with Crippen molar-refractivity contribution in [2.75, 3.05) is 29.2 Å². The van der Waals surface area contributed by atoms with Crippen LogP contribution in [0, 0.1) is 11.3 Å². The molecular formula is C26H32I2N2O4. The van der Waals surface area contributed by atoms with Crippen molar-refractivity contribution in [1.82, 2.24) is 4.90 Å². The molecule has 2 rings (SSSR count). The minimum Gasteiger partial charge on any atom is -0.494 e. The van der Waals surface area contributed by atoms with Crippen LogP contribution in [0.2, 0.25) is 0 Å². The normalized spacial score (nSPS) is 12.4. The van der Waals surface area contributed by atoms with Crippen LogP contribution in [0.3, 0.4) is 0 Å². The Morgan fingerprint density at radius 2 is 1.56 bits per heavy atom. The van der Waals surface area contributed by atoms with Gasteiger partial charge in [-0.2, -0.15) is 5.26 Å². The first-order valence-corrected chi connectivity index (χ1v) is 14.4. The predicted octanol–water partition coefficient (Wildman–Crippen LogP) is 6.28. The van der Waals surface area contributed by atoms with E-state index >= 15 is 0 Å². The molecule has 0 saturated carbocycles. The molecule has 0 aromatic heterocycles. The van der Waals surface area contributed by atoms with Gasteiger partial charge in [0, 0.05) is 26.5 Å². The summed E-state index contributed by atoms with van der Waals surface area (Å²) in [5.41, 5.74) is 1.23. The molecule has 0 heterocycles. The predicted molar refractivity (Wildman–Crippen MR) is 152 cm³/mol. The number of benzene rings is 2. The number of hydrogen-bond donors (Lipinski definition) is 0. The van der Waals surface area contributed by atoms with Crippen LogP contribution in [0.1, 0.15) is 49.0 Å². The first-order valence-electron chi connectivity index (χ1n) is 11.3. The average molecular weight is 690 g/mol. The van der Waals surface area contributed by atoms with Crippen molar-refractivity contribution in [2.24, 2.45) is 0 Å². The molecule has 0 saturated heterocycles. The molecule has 2 atom stereocenters. The fourth-order valence-electron chi connectivity index (χ4n) is 3.43. The van der Waals surface area contributed by atoms with Crippen molar-refractivity contribution in [3.8, 4) is 23.3 Å². The van der Waals surface area contributed by atoms with Gasteiger partial charge in [-0.05, 0) is 75.6 Å². The van der Waals surface area contributed by atoms with Crippen LogP contribution in [0.15, 0.2) is 42.5 Å². The Morgan fingerprint density at radius 3 is 2.12 bits per heavy atom. The van der Waals surface area contributed by atoms with E-state index in [4.69, 9.17) is 19.5 Å². The number of nitrogens with zero attached hydrogens (tertiary/aromatic N) is 2. The molecule has 8 heteroatoms. The molecule has 184 valence electrons. The van der Waals surface area contributed by atoms with E-state index < -0.39 is 0 Å². The van der Waals surface area contributed by atoms with Crippen LogP contribution >= 0.6 is 45.2 Å². The van der Waals surface area contributed by atoms with E-state index in [0.29, 0.717) is 35.8 Å². The highest BCUT2D eigenvalue weighted by Crippen LogP contribution is 2.29. The summed E-state index contributed by atoms with van der Waals surface area (Å²) in [5.74, 6) is 2.00. The fourth-order valence-corrected chi connectivity index (χ4v) is 4.28. The van der Waals surface area contributed by atoms with Crippen molar-refractivity contribution in [3.63, 3.8) is 0 Å². The molecule has 0 aliphatic carbocycles. The van der Waals surface area contributed by atoms with Gasteiger partial charge in [-0.15, -0.1) is 0 Å². The van der Waals surface area contributed by atoms with Gasteiger partial charge in [-0.1, -0.05) is 45.2 Å². The molecule has 0 radical (unpaired) electrons. The molecular weight excluding hydrogens is 658 g/mol. The lowest BCUT2D eigenvalue weighted by Crippen LogP contribution is -2.46. The summed E-state index contributed by atoms with van der Waals surface area (Å²) in [6, 6.07) is 14.9. The number of hydrogen-bond acceptors (Lipinski definition) is 5. The van der Waals surface area contributed by atoms with Crippen molar-refractivity contribution < 1.29 is 19.0 Å². The summed E-state index contributed by atoms with van der Waals surface area (Å²) in [4.78, 5) is 15.2. The van der Waals surface area contributed by atoms with Crippen molar-refractivity contribution in [2.45, 2.75) is 45.2 Å². The lowest BCUT2D eigenvalue weighted by atomic mass is 10.1. The third-order valence-electron chi connectivity index (χ3n) is 5.34. The molecule has 0 fully saturated rings. The summed E-state index contributed by atoms with van der Waals surface area (Å²) >= 11 is 4.65. The Bertz CT molecular complexity index is 937. The molecule has 2 unspecified atom stereocenters. The minimum absolute atomic E-state index is 0.0143. The van der Waals surface area contributed by atoms with Crippen LogP contribution in [-0.2, 0) is 0 Å². The topological polar surface area (TPSA) is 71.8 Å². The van der Waals surface area contributed by atoms with Gasteiger partial charge in [0.05, 0.1) is 32.0 Å². The van der Waals surface area contributed by atoms with Crippen LogP contribution in [-0.4, -0.2) is 52.1 Å². The van der Waals surface area contributed by atoms with Crippen molar-refractivity contribution >= 4 is 51.1 Å². The molecule has 0 aliphatic heterocycles. The van der Waals surface area contributed by atoms with E-state index in [9.17, 15) is 4.79 Å². The molecule has 0 N–H and O–H groups in total. The summed E-state index contributed by atoms with van der Waals surface area (Å²) in [6.45, 7) is 5.34. The highest BCUT2D eigenvalue weighted by atomic mass is 127. The summed E-state index contributed by atoms with van der Waals surface area (Å²) in [6.07, 6.45) is 2.76. The van der Waals surface area contributed by atoms with E-state index in [2.05, 4.69) is 65.1 Å². The van der Waals surface area contributed by atoms with Gasteiger partial charge in [0.2, 0.25) is 0 Å². The van der Waals surface area contributed by atoms with Crippen LogP contribution in [0.4, 0.5) is 0 Å². The Labute approximate surface area is 230 Å². The number of ether oxygens (including phenoxy) is 3. The molecule has 34 heavy (non-hydrogen) atoms. The maximum Gasteiger partial charge on any atom is 0.254 e. The van der Waals surface area contributed by atoms with E-state index in [1.807, 2.05) is 29.2 Å². The highest BCUT2D eigenvalue weighted by molar-refractivity contribution is 14.1. The standard InChI is InChI=1S/C26H32I2N2O4/c1-19(16-27)30(20(2)17-28)26(31)22-9-12-24(25(15-22)32-3)34-14-6-4-5-13-33-23-10-7-21(18-29)8-11-23/h7-12,15,19-20H,4-6,13-14,16-17H2,1-3H3. The molecule has 1 amide bonds. The lowest BCUT2D eigenvalue weighted by molar-refractivity contribution is 0.0656. The largest absolute Gasteiger partial charge is 0.494 e. The van der Waals surface area contributed by atoms with Gasteiger partial charge >= 0.3 is 0 Å². The Balaban J connectivity index is 1.83. The van der Waals surface area contributed by atoms with Gasteiger partial charge in [0.25, 0.3) is 5.91 Å². The third-order valence-corrected chi connectivity index (χ3v) is 7.89. The van der Waals surface area contributed by atoms with Crippen LogP contribution in [0.5, 0.6) is 17.2 Å². The zero-order valence-corrected chi connectivity index (χ0v) is 24.2. The van der Waals surface area contributed by atoms with Crippen LogP contribution in [0.25, 0.3) is 0 Å². The quantitative estimate of drug-likeness (QED) is 0.133. The van der Waals surface area contributed by atoms with Crippen molar-refractivity contribution in [1.29, 1.82) is 5.26 Å². The van der Waals surface area contributed by atoms with E-state index in [-0.39, 0.29) is 18.0 Å². The Kier molecular flexibility index (Phi) is 12.8. The number of rotatable bonds is 14. The van der Waals surface area contributed by atoms with Gasteiger partial charge in [0.15, 0.2) is 11.5 Å². The lowest BCUT2D eigenvalue weighted by Gasteiger charge is -2.33. The van der Waals surface area contributed by atoms with Gasteiger partial charge < -0.3 is 19.1 Å². The molecule has 2 aromatic rings. The zero-order valence-electron chi connectivity index (χ0n) is 19.9. The first kappa shape index (κ1) is 28.5. The molecule has 0 bridgehead atoms. The highest BCUT2D eigenvalue weighted by Gasteiger charge is 2.26. The van der Waals surface area contributed by atoms with E-state index in [0.717, 1.165) is 33.9 Å². The molecule has 0 spiro atoms. The number of alkyl halides is 2. The van der Waals surface area contributed by atoms with Gasteiger partial charge in [-0.3, -0.25) is 4.79 Å². The van der Waals surface area contributed by atoms with Gasteiger partial charge in [0.1, 0.15) is 5.75 Å². The monoisotopic (exact) mass is 690 g/mol. The number of carbonyl (C=O) groups is 1. The summed E-state index contributed by atoms with van der Waals surface area (Å²) in [5, 5.41) is 8.83. The number of unbranched alkanes of at least 4 members (excludes halogenated alkanes) is 2. The molecule has 6 nitrogen and oxygen atoms in total. The first-order chi connectivity index (χ1) is 16.4. The number of nitriles is 1. The number of methoxy groups -OCH3 is 1. The zero-order chi connectivity index (χ0) is 24.9. The van der Waals surface area contributed by atoms with Gasteiger partial charge in [-0.25, -0.2) is 0 Å². The van der Waals surface area contributed by atoms with Crippen LogP contribution < -0.4 is 14.2 Å². The maximum absolute atomic E-state index is 13.2. The average Bonchev–Trinajstić information content (AvgIpc) is 2.88. The summed E-state index contributed by atoms with van der Waals surface area (Å²) < 4.78 is 18.9. The third kappa shape index (κ3) is 8.48. The Hall–Kier alpha value is -1.74. The Morgan fingerprint density at radius 1 is 0.941 bits per heavy atom. The second kappa shape index (κ2) is 15.3. The second-order valence-electron chi connectivity index (χ2n) is 7.98. The second-order valence-corrected chi connectivity index (χ2v) is 9.74. The number of carbonyl (C=O) groups excluding carboxylic acids is 1. The smallest absolute Gasteiger partial charge is 0.254 e. The van der Waals surface area contributed by atoms with E-state index in [1.54, 1.807) is 25.3 Å². The molecule has 2 aromatic carbocycles.